The highest BCUT2D eigenvalue weighted by atomic mass is 16.3. The predicted molar refractivity (Wildman–Crippen MR) is 130 cm³/mol. The van der Waals surface area contributed by atoms with Gasteiger partial charge in [-0.3, -0.25) is 4.79 Å². The number of aryl methyl sites for hydroxylation is 1. The molecule has 0 unspecified atom stereocenters. The normalized spacial score (nSPS) is 20.4. The van der Waals surface area contributed by atoms with E-state index < -0.39 is 0 Å². The topological polar surface area (TPSA) is 69.6 Å². The van der Waals surface area contributed by atoms with Gasteiger partial charge in [-0.05, 0) is 56.6 Å². The van der Waals surface area contributed by atoms with Crippen molar-refractivity contribution in [3.63, 3.8) is 0 Å². The van der Waals surface area contributed by atoms with Gasteiger partial charge in [-0.15, -0.1) is 0 Å². The second kappa shape index (κ2) is 9.48. The van der Waals surface area contributed by atoms with E-state index in [2.05, 4.69) is 17.0 Å². The number of anilines is 1. The van der Waals surface area contributed by atoms with Gasteiger partial charge >= 0.3 is 0 Å². The molecule has 2 atom stereocenters. The van der Waals surface area contributed by atoms with Crippen LogP contribution in [-0.4, -0.2) is 57.7 Å². The molecule has 5 rings (SSSR count). The van der Waals surface area contributed by atoms with Crippen LogP contribution in [0.3, 0.4) is 0 Å². The second-order valence-electron chi connectivity index (χ2n) is 9.40. The number of carbonyl (C=O) groups excluding carboxylic acids is 1. The van der Waals surface area contributed by atoms with Crippen molar-refractivity contribution in [1.82, 2.24) is 14.9 Å². The largest absolute Gasteiger partial charge is 0.392 e. The highest BCUT2D eigenvalue weighted by molar-refractivity contribution is 5.86. The van der Waals surface area contributed by atoms with E-state index >= 15 is 0 Å². The van der Waals surface area contributed by atoms with E-state index in [1.54, 1.807) is 0 Å². The molecule has 6 nitrogen and oxygen atoms in total. The first-order chi connectivity index (χ1) is 16.1. The smallest absolute Gasteiger partial charge is 0.245 e. The Morgan fingerprint density at radius 3 is 2.52 bits per heavy atom. The summed E-state index contributed by atoms with van der Waals surface area (Å²) in [6, 6.07) is 18.0. The number of hydrogen-bond donors (Lipinski definition) is 1. The maximum Gasteiger partial charge on any atom is 0.245 e. The van der Waals surface area contributed by atoms with Gasteiger partial charge in [-0.1, -0.05) is 48.5 Å². The fourth-order valence-corrected chi connectivity index (χ4v) is 5.35. The van der Waals surface area contributed by atoms with Crippen LogP contribution in [0.5, 0.6) is 0 Å². The zero-order chi connectivity index (χ0) is 22.8. The number of fused-ring (bicyclic) bond motifs is 1. The lowest BCUT2D eigenvalue weighted by atomic mass is 9.87. The summed E-state index contributed by atoms with van der Waals surface area (Å²) >= 11 is 0. The SMILES string of the molecule is Cc1nc(N2CCC[C@@H]2C(=O)N2CCC([C@@H](O)Cc3ccccc3)CC2)nc2ccccc12. The lowest BCUT2D eigenvalue weighted by Crippen LogP contribution is -2.50. The number of likely N-dealkylation sites (tertiary alicyclic amines) is 1. The van der Waals surface area contributed by atoms with Crippen molar-refractivity contribution in [1.29, 1.82) is 0 Å². The van der Waals surface area contributed by atoms with Crippen LogP contribution in [0.4, 0.5) is 5.95 Å². The number of aliphatic hydroxyl groups is 1. The molecule has 172 valence electrons. The van der Waals surface area contributed by atoms with Crippen LogP contribution in [0.1, 0.15) is 36.9 Å². The van der Waals surface area contributed by atoms with E-state index in [0.29, 0.717) is 25.5 Å². The van der Waals surface area contributed by atoms with Crippen molar-refractivity contribution in [3.8, 4) is 0 Å². The molecule has 0 bridgehead atoms. The predicted octanol–water partition coefficient (Wildman–Crippen LogP) is 3.75. The number of rotatable bonds is 5. The molecule has 2 aromatic carbocycles. The van der Waals surface area contributed by atoms with Gasteiger partial charge in [0.15, 0.2) is 0 Å². The third kappa shape index (κ3) is 4.58. The first-order valence-corrected chi connectivity index (χ1v) is 12.1. The monoisotopic (exact) mass is 444 g/mol. The Morgan fingerprint density at radius 1 is 1.00 bits per heavy atom. The average Bonchev–Trinajstić information content (AvgIpc) is 3.34. The van der Waals surface area contributed by atoms with Crippen LogP contribution < -0.4 is 4.90 Å². The Kier molecular flexibility index (Phi) is 6.27. The molecule has 0 radical (unpaired) electrons. The van der Waals surface area contributed by atoms with E-state index in [9.17, 15) is 9.90 Å². The molecule has 2 saturated heterocycles. The average molecular weight is 445 g/mol. The molecule has 1 aromatic heterocycles. The minimum absolute atomic E-state index is 0.179. The Morgan fingerprint density at radius 2 is 1.73 bits per heavy atom. The number of benzene rings is 2. The van der Waals surface area contributed by atoms with Crippen LogP contribution in [0.2, 0.25) is 0 Å². The summed E-state index contributed by atoms with van der Waals surface area (Å²) in [5, 5.41) is 11.8. The van der Waals surface area contributed by atoms with Crippen molar-refractivity contribution in [2.24, 2.45) is 5.92 Å². The molecule has 2 aliphatic rings. The lowest BCUT2D eigenvalue weighted by molar-refractivity contribution is -0.134. The van der Waals surface area contributed by atoms with E-state index in [4.69, 9.17) is 9.97 Å². The molecule has 0 spiro atoms. The van der Waals surface area contributed by atoms with Gasteiger partial charge < -0.3 is 14.9 Å². The highest BCUT2D eigenvalue weighted by Crippen LogP contribution is 2.29. The molecule has 2 aliphatic heterocycles. The third-order valence-electron chi connectivity index (χ3n) is 7.26. The summed E-state index contributed by atoms with van der Waals surface area (Å²) in [5.41, 5.74) is 3.03. The highest BCUT2D eigenvalue weighted by Gasteiger charge is 2.37. The van der Waals surface area contributed by atoms with Gasteiger partial charge in [0.1, 0.15) is 6.04 Å². The Hall–Kier alpha value is -2.99. The van der Waals surface area contributed by atoms with Crippen molar-refractivity contribution >= 4 is 22.8 Å². The molecule has 3 aromatic rings. The van der Waals surface area contributed by atoms with Gasteiger partial charge in [-0.25, -0.2) is 9.97 Å². The summed E-state index contributed by atoms with van der Waals surface area (Å²) < 4.78 is 0. The Bertz CT molecular complexity index is 1110. The van der Waals surface area contributed by atoms with Gasteiger partial charge in [0.2, 0.25) is 11.9 Å². The van der Waals surface area contributed by atoms with Crippen molar-refractivity contribution in [2.75, 3.05) is 24.5 Å². The Balaban J connectivity index is 1.23. The first kappa shape index (κ1) is 21.8. The number of hydrogen-bond acceptors (Lipinski definition) is 5. The van der Waals surface area contributed by atoms with Crippen molar-refractivity contribution < 1.29 is 9.90 Å². The van der Waals surface area contributed by atoms with Gasteiger partial charge in [0.05, 0.1) is 17.3 Å². The maximum absolute atomic E-state index is 13.5. The van der Waals surface area contributed by atoms with E-state index in [-0.39, 0.29) is 24.0 Å². The molecular weight excluding hydrogens is 412 g/mol. The van der Waals surface area contributed by atoms with E-state index in [1.165, 1.54) is 0 Å². The fourth-order valence-electron chi connectivity index (χ4n) is 5.35. The maximum atomic E-state index is 13.5. The molecule has 0 aliphatic carbocycles. The summed E-state index contributed by atoms with van der Waals surface area (Å²) in [6.07, 6.45) is 3.81. The zero-order valence-electron chi connectivity index (χ0n) is 19.2. The zero-order valence-corrected chi connectivity index (χ0v) is 19.2. The summed E-state index contributed by atoms with van der Waals surface area (Å²) in [4.78, 5) is 27.1. The number of aliphatic hydroxyl groups excluding tert-OH is 1. The molecule has 33 heavy (non-hydrogen) atoms. The van der Waals surface area contributed by atoms with E-state index in [0.717, 1.165) is 54.4 Å². The minimum Gasteiger partial charge on any atom is -0.392 e. The van der Waals surface area contributed by atoms with Crippen LogP contribution in [0.25, 0.3) is 10.9 Å². The molecular formula is C27H32N4O2. The number of amides is 1. The molecule has 6 heteroatoms. The molecule has 3 heterocycles. The number of para-hydroxylation sites is 1. The van der Waals surface area contributed by atoms with Gasteiger partial charge in [0, 0.05) is 25.0 Å². The Labute approximate surface area is 195 Å². The van der Waals surface area contributed by atoms with Gasteiger partial charge in [0.25, 0.3) is 0 Å². The minimum atomic E-state index is -0.360. The lowest BCUT2D eigenvalue weighted by Gasteiger charge is -2.37. The second-order valence-corrected chi connectivity index (χ2v) is 9.40. The summed E-state index contributed by atoms with van der Waals surface area (Å²) in [5.74, 6) is 1.08. The van der Waals surface area contributed by atoms with Crippen LogP contribution in [-0.2, 0) is 11.2 Å². The first-order valence-electron chi connectivity index (χ1n) is 12.1. The quantitative estimate of drug-likeness (QED) is 0.649. The number of aromatic nitrogens is 2. The fraction of sp³-hybridized carbons (Fsp3) is 0.444. The standard InChI is InChI=1S/C27H32N4O2/c1-19-22-10-5-6-11-23(22)29-27(28-19)31-15-7-12-24(31)26(33)30-16-13-21(14-17-30)25(32)18-20-8-3-2-4-9-20/h2-6,8-11,21,24-25,32H,7,12-18H2,1H3/t24-,25+/m1/s1. The number of carbonyl (C=O) groups is 1. The van der Waals surface area contributed by atoms with Crippen molar-refractivity contribution in [3.05, 3.63) is 65.9 Å². The van der Waals surface area contributed by atoms with Crippen molar-refractivity contribution in [2.45, 2.75) is 51.2 Å². The van der Waals surface area contributed by atoms with Crippen LogP contribution in [0.15, 0.2) is 54.6 Å². The summed E-state index contributed by atoms with van der Waals surface area (Å²) in [7, 11) is 0. The molecule has 1 amide bonds. The number of nitrogens with zero attached hydrogens (tertiary/aromatic N) is 4. The van der Waals surface area contributed by atoms with E-state index in [1.807, 2.05) is 54.3 Å². The number of piperidine rings is 1. The van der Waals surface area contributed by atoms with Crippen LogP contribution >= 0.6 is 0 Å². The molecule has 2 fully saturated rings. The summed E-state index contributed by atoms with van der Waals surface area (Å²) in [6.45, 7) is 4.22. The van der Waals surface area contributed by atoms with Gasteiger partial charge in [-0.2, -0.15) is 0 Å². The third-order valence-corrected chi connectivity index (χ3v) is 7.26. The molecule has 0 saturated carbocycles. The molecule has 1 N–H and O–H groups in total. The van der Waals surface area contributed by atoms with Crippen LogP contribution in [0, 0.1) is 12.8 Å².